The SMILES string of the molecule is CCCCC(CC)C(=O)N(C)C(C)C#N. The molecule has 0 aliphatic carbocycles. The fraction of sp³-hybridized carbons (Fsp3) is 0.833. The number of amides is 1. The maximum absolute atomic E-state index is 12.0. The van der Waals surface area contributed by atoms with E-state index in [0.717, 1.165) is 25.7 Å². The summed E-state index contributed by atoms with van der Waals surface area (Å²) in [4.78, 5) is 13.5. The van der Waals surface area contributed by atoms with Crippen molar-refractivity contribution in [1.29, 1.82) is 5.26 Å². The van der Waals surface area contributed by atoms with Gasteiger partial charge in [0.05, 0.1) is 6.07 Å². The highest BCUT2D eigenvalue weighted by Gasteiger charge is 2.22. The van der Waals surface area contributed by atoms with Gasteiger partial charge in [-0.05, 0) is 19.8 Å². The summed E-state index contributed by atoms with van der Waals surface area (Å²) in [7, 11) is 1.71. The molecule has 0 radical (unpaired) electrons. The minimum absolute atomic E-state index is 0.0887. The molecule has 0 aromatic heterocycles. The van der Waals surface area contributed by atoms with Crippen LogP contribution in [0.5, 0.6) is 0 Å². The van der Waals surface area contributed by atoms with Crippen molar-refractivity contribution in [2.75, 3.05) is 7.05 Å². The second-order valence-corrected chi connectivity index (χ2v) is 4.00. The highest BCUT2D eigenvalue weighted by atomic mass is 16.2. The molecule has 0 aromatic rings. The Labute approximate surface area is 93.1 Å². The molecule has 0 aliphatic rings. The Morgan fingerprint density at radius 1 is 1.47 bits per heavy atom. The number of unbranched alkanes of at least 4 members (excludes halogenated alkanes) is 1. The molecule has 0 aliphatic heterocycles. The molecule has 0 bridgehead atoms. The van der Waals surface area contributed by atoms with Gasteiger partial charge in [0, 0.05) is 13.0 Å². The Morgan fingerprint density at radius 3 is 2.47 bits per heavy atom. The summed E-state index contributed by atoms with van der Waals surface area (Å²) in [5.74, 6) is 0.200. The Morgan fingerprint density at radius 2 is 2.07 bits per heavy atom. The Kier molecular flexibility index (Phi) is 6.77. The highest BCUT2D eigenvalue weighted by Crippen LogP contribution is 2.16. The van der Waals surface area contributed by atoms with Crippen molar-refractivity contribution in [3.63, 3.8) is 0 Å². The molecule has 0 fully saturated rings. The molecule has 0 rings (SSSR count). The van der Waals surface area contributed by atoms with Crippen LogP contribution in [0.4, 0.5) is 0 Å². The molecule has 1 amide bonds. The monoisotopic (exact) mass is 210 g/mol. The molecule has 86 valence electrons. The lowest BCUT2D eigenvalue weighted by molar-refractivity contribution is -0.135. The van der Waals surface area contributed by atoms with E-state index >= 15 is 0 Å². The summed E-state index contributed by atoms with van der Waals surface area (Å²) >= 11 is 0. The van der Waals surface area contributed by atoms with Gasteiger partial charge in [0.1, 0.15) is 6.04 Å². The van der Waals surface area contributed by atoms with Gasteiger partial charge in [0.25, 0.3) is 0 Å². The maximum Gasteiger partial charge on any atom is 0.226 e. The Bertz CT molecular complexity index is 232. The normalized spacial score (nSPS) is 14.1. The van der Waals surface area contributed by atoms with E-state index in [9.17, 15) is 4.79 Å². The first-order chi connectivity index (χ1) is 7.08. The molecular weight excluding hydrogens is 188 g/mol. The van der Waals surface area contributed by atoms with Crippen LogP contribution in [-0.4, -0.2) is 23.9 Å². The van der Waals surface area contributed by atoms with Crippen molar-refractivity contribution in [3.05, 3.63) is 0 Å². The van der Waals surface area contributed by atoms with Crippen molar-refractivity contribution in [2.45, 2.75) is 52.5 Å². The molecule has 3 nitrogen and oxygen atoms in total. The van der Waals surface area contributed by atoms with Crippen molar-refractivity contribution in [2.24, 2.45) is 5.92 Å². The van der Waals surface area contributed by atoms with E-state index in [2.05, 4.69) is 13.0 Å². The van der Waals surface area contributed by atoms with Crippen molar-refractivity contribution < 1.29 is 4.79 Å². The third-order valence-electron chi connectivity index (χ3n) is 2.86. The standard InChI is InChI=1S/C12H22N2O/c1-5-7-8-11(6-2)12(15)14(4)10(3)9-13/h10-11H,5-8H2,1-4H3. The number of hydrogen-bond donors (Lipinski definition) is 0. The summed E-state index contributed by atoms with van der Waals surface area (Å²) in [6.45, 7) is 5.91. The van der Waals surface area contributed by atoms with Gasteiger partial charge >= 0.3 is 0 Å². The fourth-order valence-electron chi connectivity index (χ4n) is 1.52. The molecule has 0 N–H and O–H groups in total. The molecule has 0 saturated carbocycles. The first kappa shape index (κ1) is 14.0. The molecular formula is C12H22N2O. The minimum atomic E-state index is -0.326. The molecule has 3 heteroatoms. The average Bonchev–Trinajstić information content (AvgIpc) is 2.27. The number of carbonyl (C=O) groups is 1. The number of rotatable bonds is 6. The lowest BCUT2D eigenvalue weighted by Gasteiger charge is -2.24. The highest BCUT2D eigenvalue weighted by molar-refractivity contribution is 5.79. The largest absolute Gasteiger partial charge is 0.330 e. The predicted molar refractivity (Wildman–Crippen MR) is 61.2 cm³/mol. The van der Waals surface area contributed by atoms with Crippen molar-refractivity contribution >= 4 is 5.91 Å². The van der Waals surface area contributed by atoms with Crippen molar-refractivity contribution in [3.8, 4) is 6.07 Å². The van der Waals surface area contributed by atoms with E-state index in [0.29, 0.717) is 0 Å². The zero-order valence-corrected chi connectivity index (χ0v) is 10.3. The molecule has 0 saturated heterocycles. The molecule has 2 unspecified atom stereocenters. The van der Waals surface area contributed by atoms with E-state index in [1.165, 1.54) is 0 Å². The van der Waals surface area contributed by atoms with Crippen LogP contribution >= 0.6 is 0 Å². The van der Waals surface area contributed by atoms with Crippen LogP contribution in [0, 0.1) is 17.2 Å². The van der Waals surface area contributed by atoms with Crippen LogP contribution in [0.15, 0.2) is 0 Å². The van der Waals surface area contributed by atoms with E-state index in [-0.39, 0.29) is 17.9 Å². The summed E-state index contributed by atoms with van der Waals surface area (Å²) in [5.41, 5.74) is 0. The van der Waals surface area contributed by atoms with Crippen LogP contribution in [0.1, 0.15) is 46.5 Å². The minimum Gasteiger partial charge on any atom is -0.330 e. The molecule has 2 atom stereocenters. The topological polar surface area (TPSA) is 44.1 Å². The third kappa shape index (κ3) is 4.33. The quantitative estimate of drug-likeness (QED) is 0.676. The zero-order valence-electron chi connectivity index (χ0n) is 10.3. The lowest BCUT2D eigenvalue weighted by atomic mass is 9.97. The first-order valence-corrected chi connectivity index (χ1v) is 5.74. The van der Waals surface area contributed by atoms with Crippen molar-refractivity contribution in [1.82, 2.24) is 4.90 Å². The Hall–Kier alpha value is -1.04. The van der Waals surface area contributed by atoms with Gasteiger partial charge in [-0.2, -0.15) is 5.26 Å². The average molecular weight is 210 g/mol. The van der Waals surface area contributed by atoms with E-state index in [1.807, 2.05) is 6.92 Å². The second kappa shape index (κ2) is 7.28. The smallest absolute Gasteiger partial charge is 0.226 e. The van der Waals surface area contributed by atoms with Gasteiger partial charge in [0.2, 0.25) is 5.91 Å². The maximum atomic E-state index is 12.0. The second-order valence-electron chi connectivity index (χ2n) is 4.00. The summed E-state index contributed by atoms with van der Waals surface area (Å²) in [6.07, 6.45) is 4.00. The van der Waals surface area contributed by atoms with Gasteiger partial charge in [0.15, 0.2) is 0 Å². The van der Waals surface area contributed by atoms with Gasteiger partial charge in [-0.25, -0.2) is 0 Å². The number of nitriles is 1. The van der Waals surface area contributed by atoms with Gasteiger partial charge in [-0.1, -0.05) is 26.7 Å². The molecule has 15 heavy (non-hydrogen) atoms. The summed E-state index contributed by atoms with van der Waals surface area (Å²) in [6, 6.07) is 1.76. The fourth-order valence-corrected chi connectivity index (χ4v) is 1.52. The van der Waals surface area contributed by atoms with E-state index in [1.54, 1.807) is 18.9 Å². The number of carbonyl (C=O) groups excluding carboxylic acids is 1. The van der Waals surface area contributed by atoms with Gasteiger partial charge < -0.3 is 4.90 Å². The Balaban J connectivity index is 4.32. The zero-order chi connectivity index (χ0) is 11.8. The van der Waals surface area contributed by atoms with Crippen LogP contribution < -0.4 is 0 Å². The molecule has 0 heterocycles. The number of hydrogen-bond acceptors (Lipinski definition) is 2. The third-order valence-corrected chi connectivity index (χ3v) is 2.86. The molecule has 0 spiro atoms. The lowest BCUT2D eigenvalue weighted by Crippen LogP contribution is -2.38. The van der Waals surface area contributed by atoms with E-state index < -0.39 is 0 Å². The van der Waals surface area contributed by atoms with E-state index in [4.69, 9.17) is 5.26 Å². The van der Waals surface area contributed by atoms with Gasteiger partial charge in [-0.15, -0.1) is 0 Å². The summed E-state index contributed by atoms with van der Waals surface area (Å²) < 4.78 is 0. The van der Waals surface area contributed by atoms with Crippen LogP contribution in [0.25, 0.3) is 0 Å². The summed E-state index contributed by atoms with van der Waals surface area (Å²) in [5, 5.41) is 8.74. The first-order valence-electron chi connectivity index (χ1n) is 5.74. The number of nitrogens with zero attached hydrogens (tertiary/aromatic N) is 2. The molecule has 0 aromatic carbocycles. The van der Waals surface area contributed by atoms with Crippen LogP contribution in [-0.2, 0) is 4.79 Å². The predicted octanol–water partition coefficient (Wildman–Crippen LogP) is 2.57. The van der Waals surface area contributed by atoms with Gasteiger partial charge in [-0.3, -0.25) is 4.79 Å². The van der Waals surface area contributed by atoms with Crippen LogP contribution in [0.2, 0.25) is 0 Å². The van der Waals surface area contributed by atoms with Crippen LogP contribution in [0.3, 0.4) is 0 Å².